The van der Waals surface area contributed by atoms with E-state index in [2.05, 4.69) is 90.0 Å². The predicted octanol–water partition coefficient (Wildman–Crippen LogP) is 3.50. The maximum absolute atomic E-state index is 3.46. The number of hydrogen-bond acceptors (Lipinski definition) is 0. The van der Waals surface area contributed by atoms with E-state index < -0.39 is 0 Å². The molecular weight excluding hydrogens is 380 g/mol. The normalized spacial score (nSPS) is 10.7. The van der Waals surface area contributed by atoms with Gasteiger partial charge >= 0.3 is 0 Å². The third-order valence-corrected chi connectivity index (χ3v) is 4.34. The van der Waals surface area contributed by atoms with Crippen LogP contribution < -0.4 is 9.13 Å². The fraction of sp³-hybridized carbons (Fsp3) is 0.375. The minimum atomic E-state index is 1.05. The first-order chi connectivity index (χ1) is 9.83. The third kappa shape index (κ3) is 4.67. The number of halogens is 2. The van der Waals surface area contributed by atoms with Gasteiger partial charge in [0, 0.05) is 47.8 Å². The highest BCUT2D eigenvalue weighted by atomic mass is 79.9. The minimum absolute atomic E-state index is 1.05. The Morgan fingerprint density at radius 2 is 1.00 bits per heavy atom. The van der Waals surface area contributed by atoms with Gasteiger partial charge < -0.3 is 0 Å². The SMILES string of the molecule is BrCCC[n+]1ccc(-c2cc[n+](CCCBr)cc2)cc1. The zero-order valence-corrected chi connectivity index (χ0v) is 14.7. The maximum Gasteiger partial charge on any atom is 0.169 e. The molecule has 0 aliphatic rings. The first-order valence-electron chi connectivity index (χ1n) is 6.94. The van der Waals surface area contributed by atoms with Crippen molar-refractivity contribution in [2.45, 2.75) is 25.9 Å². The van der Waals surface area contributed by atoms with Crippen LogP contribution in [0, 0.1) is 0 Å². The van der Waals surface area contributed by atoms with Crippen LogP contribution in [0.15, 0.2) is 49.1 Å². The fourth-order valence-corrected chi connectivity index (χ4v) is 2.58. The second-order valence-electron chi connectivity index (χ2n) is 4.73. The van der Waals surface area contributed by atoms with E-state index >= 15 is 0 Å². The van der Waals surface area contributed by atoms with Crippen LogP contribution >= 0.6 is 31.9 Å². The highest BCUT2D eigenvalue weighted by molar-refractivity contribution is 9.09. The molecule has 0 unspecified atom stereocenters. The quantitative estimate of drug-likeness (QED) is 0.497. The van der Waals surface area contributed by atoms with Crippen molar-refractivity contribution in [2.75, 3.05) is 10.7 Å². The van der Waals surface area contributed by atoms with Crippen LogP contribution in [-0.2, 0) is 13.1 Å². The Morgan fingerprint density at radius 3 is 1.30 bits per heavy atom. The first kappa shape index (κ1) is 15.6. The van der Waals surface area contributed by atoms with E-state index in [4.69, 9.17) is 0 Å². The van der Waals surface area contributed by atoms with Gasteiger partial charge in [0.05, 0.1) is 0 Å². The lowest BCUT2D eigenvalue weighted by Crippen LogP contribution is -2.33. The van der Waals surface area contributed by atoms with Gasteiger partial charge in [-0.1, -0.05) is 31.9 Å². The van der Waals surface area contributed by atoms with Gasteiger partial charge in [0.2, 0.25) is 0 Å². The van der Waals surface area contributed by atoms with Crippen molar-refractivity contribution in [3.63, 3.8) is 0 Å². The summed E-state index contributed by atoms with van der Waals surface area (Å²) in [5.41, 5.74) is 2.54. The van der Waals surface area contributed by atoms with Crippen molar-refractivity contribution in [2.24, 2.45) is 0 Å². The lowest BCUT2D eigenvalue weighted by Gasteiger charge is -2.01. The second kappa shape index (κ2) is 8.53. The number of alkyl halides is 2. The van der Waals surface area contributed by atoms with E-state index in [1.54, 1.807) is 0 Å². The van der Waals surface area contributed by atoms with Gasteiger partial charge in [-0.2, -0.15) is 0 Å². The molecule has 106 valence electrons. The zero-order chi connectivity index (χ0) is 14.2. The van der Waals surface area contributed by atoms with E-state index in [1.165, 1.54) is 11.1 Å². The zero-order valence-electron chi connectivity index (χ0n) is 11.5. The molecule has 0 saturated carbocycles. The van der Waals surface area contributed by atoms with E-state index in [0.29, 0.717) is 0 Å². The summed E-state index contributed by atoms with van der Waals surface area (Å²) in [5.74, 6) is 0. The Labute approximate surface area is 137 Å². The average molecular weight is 400 g/mol. The lowest BCUT2D eigenvalue weighted by atomic mass is 10.1. The first-order valence-corrected chi connectivity index (χ1v) is 9.18. The fourth-order valence-electron chi connectivity index (χ4n) is 2.08. The minimum Gasteiger partial charge on any atom is -0.205 e. The molecule has 20 heavy (non-hydrogen) atoms. The van der Waals surface area contributed by atoms with Crippen molar-refractivity contribution < 1.29 is 9.13 Å². The van der Waals surface area contributed by atoms with Crippen molar-refractivity contribution in [1.29, 1.82) is 0 Å². The van der Waals surface area contributed by atoms with Crippen LogP contribution in [0.1, 0.15) is 12.8 Å². The molecule has 0 radical (unpaired) electrons. The maximum atomic E-state index is 3.46. The summed E-state index contributed by atoms with van der Waals surface area (Å²) in [6, 6.07) is 8.75. The monoisotopic (exact) mass is 398 g/mol. The van der Waals surface area contributed by atoms with Crippen molar-refractivity contribution in [3.05, 3.63) is 49.1 Å². The van der Waals surface area contributed by atoms with Gasteiger partial charge in [-0.15, -0.1) is 0 Å². The van der Waals surface area contributed by atoms with Crippen LogP contribution in [0.3, 0.4) is 0 Å². The third-order valence-electron chi connectivity index (χ3n) is 3.22. The number of aromatic nitrogens is 2. The summed E-state index contributed by atoms with van der Waals surface area (Å²) in [6.45, 7) is 2.12. The summed E-state index contributed by atoms with van der Waals surface area (Å²) in [5, 5.41) is 2.10. The van der Waals surface area contributed by atoms with Gasteiger partial charge in [-0.3, -0.25) is 0 Å². The number of rotatable bonds is 7. The Morgan fingerprint density at radius 1 is 0.650 bits per heavy atom. The molecule has 0 bridgehead atoms. The summed E-state index contributed by atoms with van der Waals surface area (Å²) >= 11 is 6.93. The summed E-state index contributed by atoms with van der Waals surface area (Å²) < 4.78 is 4.45. The highest BCUT2D eigenvalue weighted by Gasteiger charge is 2.05. The lowest BCUT2D eigenvalue weighted by molar-refractivity contribution is -0.697. The van der Waals surface area contributed by atoms with Crippen LogP contribution in [-0.4, -0.2) is 10.7 Å². The molecule has 2 aromatic heterocycles. The molecule has 0 atom stereocenters. The summed E-state index contributed by atoms with van der Waals surface area (Å²) in [7, 11) is 0. The van der Waals surface area contributed by atoms with Crippen molar-refractivity contribution >= 4 is 31.9 Å². The van der Waals surface area contributed by atoms with Crippen molar-refractivity contribution in [1.82, 2.24) is 0 Å². The molecule has 0 fully saturated rings. The van der Waals surface area contributed by atoms with Gasteiger partial charge in [0.1, 0.15) is 13.1 Å². The van der Waals surface area contributed by atoms with E-state index in [9.17, 15) is 0 Å². The molecule has 0 N–H and O–H groups in total. The molecule has 0 amide bonds. The number of hydrogen-bond donors (Lipinski definition) is 0. The van der Waals surface area contributed by atoms with Crippen LogP contribution in [0.25, 0.3) is 11.1 Å². The molecule has 0 spiro atoms. The standard InChI is InChI=1S/C16H20Br2N2/c17-7-1-9-19-11-3-15(4-12-19)16-5-13-20(14-6-16)10-2-8-18/h3-6,11-14H,1-2,7-10H2/q+2. The van der Waals surface area contributed by atoms with Crippen LogP contribution in [0.2, 0.25) is 0 Å². The summed E-state index contributed by atoms with van der Waals surface area (Å²) in [4.78, 5) is 0. The van der Waals surface area contributed by atoms with Gasteiger partial charge in [-0.25, -0.2) is 9.13 Å². The Hall–Kier alpha value is -0.740. The van der Waals surface area contributed by atoms with E-state index in [1.807, 2.05) is 0 Å². The molecule has 4 heteroatoms. The smallest absolute Gasteiger partial charge is 0.169 e. The molecule has 0 aliphatic carbocycles. The van der Waals surface area contributed by atoms with Gasteiger partial charge in [0.25, 0.3) is 0 Å². The van der Waals surface area contributed by atoms with Crippen LogP contribution in [0.4, 0.5) is 0 Å². The van der Waals surface area contributed by atoms with Gasteiger partial charge in [-0.05, 0) is 11.1 Å². The molecule has 2 nitrogen and oxygen atoms in total. The average Bonchev–Trinajstić information content (AvgIpc) is 2.52. The Balaban J connectivity index is 2.03. The molecule has 2 aromatic rings. The Bertz CT molecular complexity index is 460. The van der Waals surface area contributed by atoms with Crippen LogP contribution in [0.5, 0.6) is 0 Å². The number of aryl methyl sites for hydroxylation is 2. The number of pyridine rings is 2. The number of nitrogens with zero attached hydrogens (tertiary/aromatic N) is 2. The molecule has 2 heterocycles. The highest BCUT2D eigenvalue weighted by Crippen LogP contribution is 2.15. The molecule has 0 aromatic carbocycles. The predicted molar refractivity (Wildman–Crippen MR) is 89.1 cm³/mol. The molecule has 0 aliphatic heterocycles. The molecule has 2 rings (SSSR count). The second-order valence-corrected chi connectivity index (χ2v) is 6.32. The molecule has 0 saturated heterocycles. The Kier molecular flexibility index (Phi) is 6.67. The largest absolute Gasteiger partial charge is 0.205 e. The van der Waals surface area contributed by atoms with E-state index in [-0.39, 0.29) is 0 Å². The van der Waals surface area contributed by atoms with Gasteiger partial charge in [0.15, 0.2) is 24.8 Å². The topological polar surface area (TPSA) is 7.76 Å². The summed E-state index contributed by atoms with van der Waals surface area (Å²) in [6.07, 6.45) is 10.9. The van der Waals surface area contributed by atoms with Crippen molar-refractivity contribution in [3.8, 4) is 11.1 Å². The molecular formula is C16H20Br2N2+2. The van der Waals surface area contributed by atoms with E-state index in [0.717, 1.165) is 36.6 Å².